The Kier molecular flexibility index (Phi) is 6.64. The molecular weight excluding hydrogens is 228 g/mol. The van der Waals surface area contributed by atoms with E-state index in [1.54, 1.807) is 0 Å². The predicted octanol–water partition coefficient (Wildman–Crippen LogP) is 4.25. The summed E-state index contributed by atoms with van der Waals surface area (Å²) in [5, 5.41) is 0.791. The van der Waals surface area contributed by atoms with Gasteiger partial charge in [0.25, 0.3) is 0 Å². The van der Waals surface area contributed by atoms with E-state index in [0.717, 1.165) is 29.9 Å². The van der Waals surface area contributed by atoms with Crippen LogP contribution in [0.2, 0.25) is 0 Å². The van der Waals surface area contributed by atoms with E-state index in [2.05, 4.69) is 31.8 Å². The quantitative estimate of drug-likeness (QED) is 0.365. The number of allylic oxidation sites excluding steroid dienone is 2. The molecule has 1 rings (SSSR count). The monoisotopic (exact) mass is 252 g/mol. The molecule has 0 amide bonds. The predicted molar refractivity (Wildman–Crippen MR) is 77.4 cm³/mol. The van der Waals surface area contributed by atoms with Gasteiger partial charge in [-0.2, -0.15) is 11.8 Å². The van der Waals surface area contributed by atoms with Crippen molar-refractivity contribution in [3.63, 3.8) is 0 Å². The molecule has 1 aliphatic rings. The molecule has 0 aromatic heterocycles. The molecule has 3 unspecified atom stereocenters. The van der Waals surface area contributed by atoms with E-state index in [9.17, 15) is 4.79 Å². The molecule has 0 aromatic carbocycles. The molecule has 0 N–H and O–H groups in total. The number of rotatable bonds is 8. The highest BCUT2D eigenvalue weighted by Crippen LogP contribution is 2.41. The Labute approximate surface area is 110 Å². The van der Waals surface area contributed by atoms with E-state index < -0.39 is 0 Å². The first-order valence-electron chi connectivity index (χ1n) is 6.56. The number of carbonyl (C=O) groups is 1. The number of thioether (sulfide) groups is 1. The molecule has 3 atom stereocenters. The summed E-state index contributed by atoms with van der Waals surface area (Å²) in [6.07, 6.45) is 8.75. The zero-order chi connectivity index (χ0) is 12.7. The van der Waals surface area contributed by atoms with Gasteiger partial charge in [0.2, 0.25) is 0 Å². The summed E-state index contributed by atoms with van der Waals surface area (Å²) in [5.74, 6) is 3.08. The molecule has 0 radical (unpaired) electrons. The molecule has 1 nitrogen and oxygen atoms in total. The average Bonchev–Trinajstić information content (AvgIpc) is 2.67. The van der Waals surface area contributed by atoms with Gasteiger partial charge in [0.15, 0.2) is 5.78 Å². The minimum Gasteiger partial charge on any atom is -0.295 e. The number of carbonyl (C=O) groups excluding carboxylic acids is 1. The highest BCUT2D eigenvalue weighted by Gasteiger charge is 2.31. The highest BCUT2D eigenvalue weighted by atomic mass is 32.2. The van der Waals surface area contributed by atoms with Gasteiger partial charge in [0, 0.05) is 11.7 Å². The van der Waals surface area contributed by atoms with Crippen molar-refractivity contribution >= 4 is 17.5 Å². The molecule has 1 heterocycles. The third-order valence-electron chi connectivity index (χ3n) is 3.71. The summed E-state index contributed by atoms with van der Waals surface area (Å²) < 4.78 is 0. The third kappa shape index (κ3) is 4.71. The Hall–Kier alpha value is -0.500. The molecule has 0 bridgehead atoms. The van der Waals surface area contributed by atoms with Crippen molar-refractivity contribution in [1.29, 1.82) is 0 Å². The minimum absolute atomic E-state index is 0.182. The maximum atomic E-state index is 11.1. The average molecular weight is 252 g/mol. The minimum atomic E-state index is 0.182. The molecule has 17 heavy (non-hydrogen) atoms. The fraction of sp³-hybridized carbons (Fsp3) is 0.667. The number of hydrogen-bond donors (Lipinski definition) is 0. The Bertz CT molecular complexity index is 272. The number of ketones is 1. The lowest BCUT2D eigenvalue weighted by molar-refractivity contribution is -0.114. The Morgan fingerprint density at radius 3 is 2.82 bits per heavy atom. The van der Waals surface area contributed by atoms with Gasteiger partial charge in [-0.1, -0.05) is 26.0 Å². The van der Waals surface area contributed by atoms with Gasteiger partial charge in [-0.25, -0.2) is 0 Å². The Morgan fingerprint density at radius 2 is 2.18 bits per heavy atom. The van der Waals surface area contributed by atoms with Crippen molar-refractivity contribution in [1.82, 2.24) is 0 Å². The fourth-order valence-corrected chi connectivity index (χ4v) is 4.24. The summed E-state index contributed by atoms with van der Waals surface area (Å²) in [5.41, 5.74) is 0. The van der Waals surface area contributed by atoms with Crippen LogP contribution in [0.25, 0.3) is 0 Å². The van der Waals surface area contributed by atoms with E-state index in [1.807, 2.05) is 6.08 Å². The summed E-state index contributed by atoms with van der Waals surface area (Å²) in [7, 11) is 0. The van der Waals surface area contributed by atoms with E-state index in [4.69, 9.17) is 0 Å². The lowest BCUT2D eigenvalue weighted by atomic mass is 9.88. The van der Waals surface area contributed by atoms with Gasteiger partial charge in [-0.3, -0.25) is 4.79 Å². The topological polar surface area (TPSA) is 17.1 Å². The van der Waals surface area contributed by atoms with Crippen LogP contribution in [0.15, 0.2) is 25.3 Å². The van der Waals surface area contributed by atoms with Crippen LogP contribution in [-0.2, 0) is 4.79 Å². The maximum absolute atomic E-state index is 11.1. The summed E-state index contributed by atoms with van der Waals surface area (Å²) in [4.78, 5) is 11.1. The van der Waals surface area contributed by atoms with E-state index in [-0.39, 0.29) is 5.78 Å². The lowest BCUT2D eigenvalue weighted by Gasteiger charge is -2.18. The van der Waals surface area contributed by atoms with Crippen LogP contribution >= 0.6 is 11.8 Å². The van der Waals surface area contributed by atoms with Crippen molar-refractivity contribution < 1.29 is 4.79 Å². The van der Waals surface area contributed by atoms with Gasteiger partial charge >= 0.3 is 0 Å². The molecule has 0 saturated carbocycles. The lowest BCUT2D eigenvalue weighted by Crippen LogP contribution is -2.15. The molecule has 0 aromatic rings. The van der Waals surface area contributed by atoms with E-state index in [1.165, 1.54) is 24.7 Å². The van der Waals surface area contributed by atoms with Gasteiger partial charge in [-0.15, -0.1) is 6.58 Å². The van der Waals surface area contributed by atoms with Crippen molar-refractivity contribution in [3.8, 4) is 0 Å². The van der Waals surface area contributed by atoms with Crippen LogP contribution in [0.4, 0.5) is 0 Å². The second-order valence-electron chi connectivity index (χ2n) is 4.93. The van der Waals surface area contributed by atoms with Crippen LogP contribution in [-0.4, -0.2) is 16.8 Å². The molecule has 0 spiro atoms. The van der Waals surface area contributed by atoms with Crippen molar-refractivity contribution in [3.05, 3.63) is 25.3 Å². The second kappa shape index (κ2) is 7.75. The summed E-state index contributed by atoms with van der Waals surface area (Å²) in [6, 6.07) is 0. The first-order valence-corrected chi connectivity index (χ1v) is 7.61. The molecule has 96 valence electrons. The second-order valence-corrected chi connectivity index (χ2v) is 6.20. The van der Waals surface area contributed by atoms with Crippen LogP contribution in [0.1, 0.15) is 39.0 Å². The molecule has 1 aliphatic heterocycles. The Morgan fingerprint density at radius 1 is 1.41 bits per heavy atom. The number of hydrogen-bond acceptors (Lipinski definition) is 2. The first-order chi connectivity index (χ1) is 8.19. The van der Waals surface area contributed by atoms with Crippen LogP contribution in [0.5, 0.6) is 0 Å². The standard InChI is InChI=1S/C15H24OS/c1-4-8-13-11-17-15(12(13)3)10-7-6-9-14(16)5-2/h4-5,12-13,15H,1-2,6-11H2,3H3. The number of unbranched alkanes of at least 4 members (excludes halogenated alkanes) is 1. The van der Waals surface area contributed by atoms with Crippen LogP contribution in [0.3, 0.4) is 0 Å². The SMILES string of the molecule is C=CCC1CSC(CCCCC(=O)C=C)C1C. The van der Waals surface area contributed by atoms with Crippen LogP contribution in [0, 0.1) is 11.8 Å². The van der Waals surface area contributed by atoms with Crippen molar-refractivity contribution in [2.24, 2.45) is 11.8 Å². The molecule has 1 saturated heterocycles. The van der Waals surface area contributed by atoms with Gasteiger partial charge in [0.1, 0.15) is 0 Å². The maximum Gasteiger partial charge on any atom is 0.155 e. The van der Waals surface area contributed by atoms with Gasteiger partial charge in [0.05, 0.1) is 0 Å². The smallest absolute Gasteiger partial charge is 0.155 e. The first kappa shape index (κ1) is 14.6. The fourth-order valence-electron chi connectivity index (χ4n) is 2.44. The zero-order valence-corrected chi connectivity index (χ0v) is 11.7. The van der Waals surface area contributed by atoms with Crippen molar-refractivity contribution in [2.45, 2.75) is 44.3 Å². The Balaban J connectivity index is 2.18. The molecular formula is C15H24OS. The summed E-state index contributed by atoms with van der Waals surface area (Å²) >= 11 is 2.11. The zero-order valence-electron chi connectivity index (χ0n) is 10.9. The van der Waals surface area contributed by atoms with Crippen LogP contribution < -0.4 is 0 Å². The van der Waals surface area contributed by atoms with Gasteiger partial charge in [-0.05, 0) is 42.9 Å². The highest BCUT2D eigenvalue weighted by molar-refractivity contribution is 8.00. The molecule has 1 fully saturated rings. The van der Waals surface area contributed by atoms with E-state index in [0.29, 0.717) is 6.42 Å². The third-order valence-corrected chi connectivity index (χ3v) is 5.43. The normalized spacial score (nSPS) is 27.9. The largest absolute Gasteiger partial charge is 0.295 e. The van der Waals surface area contributed by atoms with Gasteiger partial charge < -0.3 is 0 Å². The summed E-state index contributed by atoms with van der Waals surface area (Å²) in [6.45, 7) is 9.70. The van der Waals surface area contributed by atoms with Crippen molar-refractivity contribution in [2.75, 3.05) is 5.75 Å². The molecule has 0 aliphatic carbocycles. The molecule has 2 heteroatoms. The van der Waals surface area contributed by atoms with E-state index >= 15 is 0 Å².